The van der Waals surface area contributed by atoms with Gasteiger partial charge in [0.25, 0.3) is 5.91 Å². The molecule has 0 bridgehead atoms. The fourth-order valence-electron chi connectivity index (χ4n) is 4.20. The van der Waals surface area contributed by atoms with Crippen LogP contribution >= 0.6 is 0 Å². The summed E-state index contributed by atoms with van der Waals surface area (Å²) in [6.45, 7) is 8.64. The molecule has 35 heavy (non-hydrogen) atoms. The maximum absolute atomic E-state index is 13.3. The Bertz CT molecular complexity index is 1300. The summed E-state index contributed by atoms with van der Waals surface area (Å²) in [5.41, 5.74) is 5.07. The number of fused-ring (bicyclic) bond motifs is 1. The molecule has 8 nitrogen and oxygen atoms in total. The number of carbonyl (C=O) groups is 1. The van der Waals surface area contributed by atoms with Crippen LogP contribution in [0.15, 0.2) is 49.1 Å². The number of nitrogens with zero attached hydrogens (tertiary/aromatic N) is 6. The van der Waals surface area contributed by atoms with Crippen LogP contribution in [0.1, 0.15) is 61.3 Å². The molecule has 1 N–H and O–H groups in total. The highest BCUT2D eigenvalue weighted by Gasteiger charge is 2.19. The summed E-state index contributed by atoms with van der Waals surface area (Å²) in [6, 6.07) is 10.4. The number of pyridine rings is 1. The van der Waals surface area contributed by atoms with Crippen LogP contribution in [-0.2, 0) is 20.1 Å². The van der Waals surface area contributed by atoms with Crippen LogP contribution in [0.25, 0.3) is 22.3 Å². The Morgan fingerprint density at radius 1 is 1.23 bits per heavy atom. The number of carbonyl (C=O) groups excluding carboxylic acids is 1. The van der Waals surface area contributed by atoms with E-state index in [-0.39, 0.29) is 11.9 Å². The van der Waals surface area contributed by atoms with Crippen LogP contribution < -0.4 is 5.32 Å². The Kier molecular flexibility index (Phi) is 7.60. The van der Waals surface area contributed by atoms with Crippen LogP contribution in [0, 0.1) is 0 Å². The number of hydrogen-bond acceptors (Lipinski definition) is 5. The average Bonchev–Trinajstić information content (AvgIpc) is 3.46. The zero-order valence-corrected chi connectivity index (χ0v) is 21.3. The molecule has 1 amide bonds. The van der Waals surface area contributed by atoms with Gasteiger partial charge in [-0.25, -0.2) is 14.6 Å². The minimum absolute atomic E-state index is 0.123. The molecule has 0 saturated heterocycles. The zero-order valence-electron chi connectivity index (χ0n) is 21.3. The van der Waals surface area contributed by atoms with Crippen LogP contribution in [0.5, 0.6) is 0 Å². The summed E-state index contributed by atoms with van der Waals surface area (Å²) >= 11 is 0. The third-order valence-electron chi connectivity index (χ3n) is 6.06. The molecule has 3 heterocycles. The Hall–Kier alpha value is -3.52. The van der Waals surface area contributed by atoms with Crippen molar-refractivity contribution in [2.24, 2.45) is 7.05 Å². The Balaban J connectivity index is 1.68. The highest BCUT2D eigenvalue weighted by Crippen LogP contribution is 2.27. The third kappa shape index (κ3) is 5.77. The maximum atomic E-state index is 13.3. The average molecular weight is 474 g/mol. The molecule has 1 aromatic carbocycles. The van der Waals surface area contributed by atoms with Crippen molar-refractivity contribution in [1.82, 2.24) is 34.5 Å². The van der Waals surface area contributed by atoms with Crippen LogP contribution in [0.2, 0.25) is 0 Å². The number of nitrogens with one attached hydrogen (secondary N) is 1. The van der Waals surface area contributed by atoms with E-state index in [2.05, 4.69) is 72.4 Å². The summed E-state index contributed by atoms with van der Waals surface area (Å²) < 4.78 is 3.74. The van der Waals surface area contributed by atoms with Crippen molar-refractivity contribution in [3.05, 3.63) is 65.9 Å². The molecule has 0 radical (unpaired) electrons. The molecule has 0 fully saturated rings. The molecular weight excluding hydrogens is 438 g/mol. The molecule has 0 unspecified atom stereocenters. The Morgan fingerprint density at radius 2 is 2.06 bits per heavy atom. The van der Waals surface area contributed by atoms with Gasteiger partial charge in [0.05, 0.1) is 41.4 Å². The molecule has 8 heteroatoms. The molecule has 0 aliphatic rings. The normalized spacial score (nSPS) is 11.6. The van der Waals surface area contributed by atoms with Crippen molar-refractivity contribution in [2.45, 2.75) is 52.7 Å². The molecule has 3 aromatic heterocycles. The second-order valence-corrected chi connectivity index (χ2v) is 9.48. The minimum Gasteiger partial charge on any atom is -0.346 e. The lowest BCUT2D eigenvalue weighted by Gasteiger charge is -2.17. The first kappa shape index (κ1) is 24.6. The van der Waals surface area contributed by atoms with Gasteiger partial charge in [-0.2, -0.15) is 5.10 Å². The fraction of sp³-hybridized carbons (Fsp3) is 0.407. The predicted octanol–water partition coefficient (Wildman–Crippen LogP) is 4.57. The van der Waals surface area contributed by atoms with E-state index in [1.807, 2.05) is 28.6 Å². The Labute approximate surface area is 207 Å². The van der Waals surface area contributed by atoms with Crippen molar-refractivity contribution in [2.75, 3.05) is 13.6 Å². The van der Waals surface area contributed by atoms with Crippen molar-refractivity contribution in [3.8, 4) is 11.3 Å². The highest BCUT2D eigenvalue weighted by molar-refractivity contribution is 6.06. The number of hydrogen-bond donors (Lipinski definition) is 1. The van der Waals surface area contributed by atoms with Gasteiger partial charge in [0, 0.05) is 31.4 Å². The van der Waals surface area contributed by atoms with E-state index >= 15 is 0 Å². The lowest BCUT2D eigenvalue weighted by Crippen LogP contribution is -2.23. The summed E-state index contributed by atoms with van der Waals surface area (Å²) in [5, 5.41) is 8.29. The van der Waals surface area contributed by atoms with E-state index in [9.17, 15) is 4.79 Å². The van der Waals surface area contributed by atoms with Crippen LogP contribution in [0.3, 0.4) is 0 Å². The first-order valence-corrected chi connectivity index (χ1v) is 12.3. The van der Waals surface area contributed by atoms with Crippen molar-refractivity contribution in [1.29, 1.82) is 0 Å². The monoisotopic (exact) mass is 473 g/mol. The predicted molar refractivity (Wildman–Crippen MR) is 139 cm³/mol. The number of aromatic nitrogens is 5. The van der Waals surface area contributed by atoms with Gasteiger partial charge in [-0.3, -0.25) is 4.79 Å². The van der Waals surface area contributed by atoms with Crippen LogP contribution in [0.4, 0.5) is 0 Å². The van der Waals surface area contributed by atoms with Gasteiger partial charge in [0.1, 0.15) is 0 Å². The number of benzene rings is 1. The van der Waals surface area contributed by atoms with Crippen LogP contribution in [-0.4, -0.2) is 48.7 Å². The molecule has 4 aromatic rings. The van der Waals surface area contributed by atoms with E-state index in [1.165, 1.54) is 18.4 Å². The number of unbranched alkanes of at least 4 members (excludes halogenated alkanes) is 1. The number of imidazole rings is 1. The van der Waals surface area contributed by atoms with E-state index in [0.29, 0.717) is 17.8 Å². The first-order valence-electron chi connectivity index (χ1n) is 12.3. The van der Waals surface area contributed by atoms with E-state index in [0.717, 1.165) is 35.4 Å². The van der Waals surface area contributed by atoms with Crippen molar-refractivity contribution >= 4 is 16.9 Å². The summed E-state index contributed by atoms with van der Waals surface area (Å²) in [4.78, 5) is 24.9. The topological polar surface area (TPSA) is 80.9 Å². The molecular formula is C27H35N7O. The molecule has 0 spiro atoms. The second kappa shape index (κ2) is 10.8. The van der Waals surface area contributed by atoms with Crippen molar-refractivity contribution < 1.29 is 4.79 Å². The van der Waals surface area contributed by atoms with Gasteiger partial charge in [-0.05, 0) is 51.6 Å². The summed E-state index contributed by atoms with van der Waals surface area (Å²) in [5.74, 6) is -0.164. The lowest BCUT2D eigenvalue weighted by molar-refractivity contribution is 0.0952. The number of amides is 1. The van der Waals surface area contributed by atoms with Gasteiger partial charge in [0.2, 0.25) is 0 Å². The third-order valence-corrected chi connectivity index (χ3v) is 6.06. The molecule has 0 saturated carbocycles. The van der Waals surface area contributed by atoms with E-state index < -0.39 is 0 Å². The number of rotatable bonds is 10. The fourth-order valence-corrected chi connectivity index (χ4v) is 4.20. The largest absolute Gasteiger partial charge is 0.346 e. The van der Waals surface area contributed by atoms with Gasteiger partial charge in [-0.15, -0.1) is 0 Å². The standard InChI is InChI=1S/C27H35N7O/c1-6-7-11-32(4)16-20-9-8-10-21(12-20)25-13-23(24-15-30-34(19(2)3)26(24)31-25)27(35)28-14-22-17-33(5)18-29-22/h8-10,12-13,15,17-19H,6-7,11,14,16H2,1-5H3,(H,28,35). The minimum atomic E-state index is -0.164. The summed E-state index contributed by atoms with van der Waals surface area (Å²) in [7, 11) is 4.06. The zero-order chi connectivity index (χ0) is 24.9. The maximum Gasteiger partial charge on any atom is 0.252 e. The quantitative estimate of drug-likeness (QED) is 0.365. The van der Waals surface area contributed by atoms with Gasteiger partial charge in [0.15, 0.2) is 5.65 Å². The molecule has 0 aliphatic carbocycles. The Morgan fingerprint density at radius 3 is 2.77 bits per heavy atom. The van der Waals surface area contributed by atoms with Gasteiger partial charge in [-0.1, -0.05) is 31.5 Å². The van der Waals surface area contributed by atoms with E-state index in [1.54, 1.807) is 12.5 Å². The number of aryl methyl sites for hydroxylation is 1. The highest BCUT2D eigenvalue weighted by atomic mass is 16.1. The molecule has 0 aliphatic heterocycles. The second-order valence-electron chi connectivity index (χ2n) is 9.48. The van der Waals surface area contributed by atoms with Crippen molar-refractivity contribution in [3.63, 3.8) is 0 Å². The molecule has 184 valence electrons. The van der Waals surface area contributed by atoms with Gasteiger partial charge < -0.3 is 14.8 Å². The summed E-state index contributed by atoms with van der Waals surface area (Å²) in [6.07, 6.45) is 7.73. The molecule has 0 atom stereocenters. The van der Waals surface area contributed by atoms with Gasteiger partial charge >= 0.3 is 0 Å². The lowest BCUT2D eigenvalue weighted by atomic mass is 10.0. The smallest absolute Gasteiger partial charge is 0.252 e. The molecule has 4 rings (SSSR count). The first-order chi connectivity index (χ1) is 16.9. The van der Waals surface area contributed by atoms with E-state index in [4.69, 9.17) is 4.98 Å². The SMILES string of the molecule is CCCCN(C)Cc1cccc(-c2cc(C(=O)NCc3cn(C)cn3)c3cnn(C(C)C)c3n2)c1.